The number of benzene rings is 1. The molecule has 3 aromatic rings. The van der Waals surface area contributed by atoms with E-state index in [1.54, 1.807) is 23.2 Å². The number of anilines is 1. The minimum absolute atomic E-state index is 0.0395. The maximum atomic E-state index is 13.0. The molecule has 0 N–H and O–H groups in total. The fraction of sp³-hybridized carbons (Fsp3) is 0.364. The Morgan fingerprint density at radius 3 is 2.71 bits per heavy atom. The Kier molecular flexibility index (Phi) is 5.29. The van der Waals surface area contributed by atoms with E-state index in [4.69, 9.17) is 4.52 Å². The standard InChI is InChI=1S/C22H23N5O3S/c1-15(28)27-7-6-16-13-17(4-5-18(16)27)22(29)26-10-8-25(9-11-26)14-20-23-21(24-30-20)19-3-2-12-31-19/h2-5,12-13H,6-11,14H2,1H3. The van der Waals surface area contributed by atoms with Crippen LogP contribution < -0.4 is 4.90 Å². The molecule has 0 unspecified atom stereocenters. The molecule has 160 valence electrons. The van der Waals surface area contributed by atoms with Gasteiger partial charge in [0.25, 0.3) is 5.91 Å². The highest BCUT2D eigenvalue weighted by Crippen LogP contribution is 2.29. The summed E-state index contributed by atoms with van der Waals surface area (Å²) in [5.41, 5.74) is 2.68. The molecule has 0 radical (unpaired) electrons. The van der Waals surface area contributed by atoms with Crippen molar-refractivity contribution < 1.29 is 14.1 Å². The molecule has 4 heterocycles. The van der Waals surface area contributed by atoms with Crippen molar-refractivity contribution in [3.05, 3.63) is 52.7 Å². The second-order valence-corrected chi connectivity index (χ2v) is 8.77. The Labute approximate surface area is 184 Å². The molecule has 5 rings (SSSR count). The van der Waals surface area contributed by atoms with Gasteiger partial charge in [0, 0.05) is 50.9 Å². The summed E-state index contributed by atoms with van der Waals surface area (Å²) < 4.78 is 5.40. The number of piperazine rings is 1. The van der Waals surface area contributed by atoms with Crippen LogP contribution in [0.15, 0.2) is 40.2 Å². The van der Waals surface area contributed by atoms with Gasteiger partial charge in [-0.1, -0.05) is 11.2 Å². The number of carbonyl (C=O) groups excluding carboxylic acids is 2. The second-order valence-electron chi connectivity index (χ2n) is 7.82. The normalized spacial score (nSPS) is 16.5. The first-order chi connectivity index (χ1) is 15.1. The molecule has 1 saturated heterocycles. The van der Waals surface area contributed by atoms with Gasteiger partial charge in [-0.3, -0.25) is 14.5 Å². The van der Waals surface area contributed by atoms with Crippen LogP contribution in [0.4, 0.5) is 5.69 Å². The van der Waals surface area contributed by atoms with Crippen molar-refractivity contribution in [1.82, 2.24) is 19.9 Å². The van der Waals surface area contributed by atoms with Gasteiger partial charge in [-0.05, 0) is 41.6 Å². The molecular weight excluding hydrogens is 414 g/mol. The van der Waals surface area contributed by atoms with Crippen LogP contribution in [-0.2, 0) is 17.8 Å². The van der Waals surface area contributed by atoms with Crippen molar-refractivity contribution in [2.45, 2.75) is 19.9 Å². The monoisotopic (exact) mass is 437 g/mol. The fourth-order valence-electron chi connectivity index (χ4n) is 4.17. The maximum Gasteiger partial charge on any atom is 0.253 e. The van der Waals surface area contributed by atoms with Gasteiger partial charge in [-0.15, -0.1) is 11.3 Å². The van der Waals surface area contributed by atoms with E-state index in [-0.39, 0.29) is 11.8 Å². The van der Waals surface area contributed by atoms with Crippen molar-refractivity contribution in [2.24, 2.45) is 0 Å². The van der Waals surface area contributed by atoms with Crippen LogP contribution in [-0.4, -0.2) is 64.5 Å². The molecule has 2 aliphatic heterocycles. The molecule has 9 heteroatoms. The van der Waals surface area contributed by atoms with E-state index in [0.717, 1.165) is 35.6 Å². The van der Waals surface area contributed by atoms with Gasteiger partial charge in [0.2, 0.25) is 17.6 Å². The van der Waals surface area contributed by atoms with Crippen LogP contribution in [0.5, 0.6) is 0 Å². The van der Waals surface area contributed by atoms with Crippen molar-refractivity contribution in [1.29, 1.82) is 0 Å². The molecule has 2 aliphatic rings. The van der Waals surface area contributed by atoms with Gasteiger partial charge in [0.1, 0.15) is 0 Å². The highest BCUT2D eigenvalue weighted by Gasteiger charge is 2.26. The Bertz CT molecular complexity index is 1100. The Balaban J connectivity index is 1.18. The molecule has 2 aromatic heterocycles. The number of hydrogen-bond donors (Lipinski definition) is 0. The second kappa shape index (κ2) is 8.24. The average Bonchev–Trinajstić information content (AvgIpc) is 3.53. The van der Waals surface area contributed by atoms with E-state index >= 15 is 0 Å². The lowest BCUT2D eigenvalue weighted by Crippen LogP contribution is -2.48. The van der Waals surface area contributed by atoms with Gasteiger partial charge < -0.3 is 14.3 Å². The van der Waals surface area contributed by atoms with E-state index < -0.39 is 0 Å². The van der Waals surface area contributed by atoms with E-state index in [0.29, 0.717) is 43.5 Å². The SMILES string of the molecule is CC(=O)N1CCc2cc(C(=O)N3CCN(Cc4nc(-c5cccs5)no4)CC3)ccc21. The summed E-state index contributed by atoms with van der Waals surface area (Å²) in [6, 6.07) is 9.61. The summed E-state index contributed by atoms with van der Waals surface area (Å²) >= 11 is 1.58. The smallest absolute Gasteiger partial charge is 0.253 e. The Morgan fingerprint density at radius 1 is 1.13 bits per heavy atom. The topological polar surface area (TPSA) is 82.8 Å². The summed E-state index contributed by atoms with van der Waals surface area (Å²) in [6.45, 7) is 5.66. The number of thiophene rings is 1. The summed E-state index contributed by atoms with van der Waals surface area (Å²) in [5, 5.41) is 6.05. The highest BCUT2D eigenvalue weighted by molar-refractivity contribution is 7.13. The molecule has 0 saturated carbocycles. The average molecular weight is 438 g/mol. The molecular formula is C22H23N5O3S. The van der Waals surface area contributed by atoms with E-state index in [1.807, 2.05) is 40.6 Å². The first kappa shape index (κ1) is 19.9. The lowest BCUT2D eigenvalue weighted by atomic mass is 10.1. The predicted octanol–water partition coefficient (Wildman–Crippen LogP) is 2.67. The first-order valence-electron chi connectivity index (χ1n) is 10.4. The largest absolute Gasteiger partial charge is 0.338 e. The molecule has 8 nitrogen and oxygen atoms in total. The zero-order valence-electron chi connectivity index (χ0n) is 17.3. The van der Waals surface area contributed by atoms with Crippen molar-refractivity contribution in [2.75, 3.05) is 37.6 Å². The molecule has 2 amide bonds. The minimum Gasteiger partial charge on any atom is -0.338 e. The summed E-state index contributed by atoms with van der Waals surface area (Å²) in [4.78, 5) is 36.1. The molecule has 0 aliphatic carbocycles. The number of hydrogen-bond acceptors (Lipinski definition) is 7. The molecule has 0 atom stereocenters. The van der Waals surface area contributed by atoms with E-state index in [1.165, 1.54) is 0 Å². The third kappa shape index (κ3) is 3.98. The maximum absolute atomic E-state index is 13.0. The fourth-order valence-corrected chi connectivity index (χ4v) is 4.82. The van der Waals surface area contributed by atoms with E-state index in [9.17, 15) is 9.59 Å². The summed E-state index contributed by atoms with van der Waals surface area (Å²) in [6.07, 6.45) is 0.793. The lowest BCUT2D eigenvalue weighted by molar-refractivity contribution is -0.116. The van der Waals surface area contributed by atoms with Crippen LogP contribution in [0.25, 0.3) is 10.7 Å². The number of rotatable bonds is 4. The molecule has 0 spiro atoms. The first-order valence-corrected chi connectivity index (χ1v) is 11.3. The number of amides is 2. The molecule has 0 bridgehead atoms. The predicted molar refractivity (Wildman–Crippen MR) is 117 cm³/mol. The molecule has 31 heavy (non-hydrogen) atoms. The van der Waals surface area contributed by atoms with Gasteiger partial charge in [-0.25, -0.2) is 0 Å². The number of carbonyl (C=O) groups is 2. The van der Waals surface area contributed by atoms with Crippen molar-refractivity contribution in [3.8, 4) is 10.7 Å². The summed E-state index contributed by atoms with van der Waals surface area (Å²) in [5.74, 6) is 1.30. The Hall–Kier alpha value is -3.04. The Morgan fingerprint density at radius 2 is 1.97 bits per heavy atom. The van der Waals surface area contributed by atoms with Crippen LogP contribution in [0, 0.1) is 0 Å². The zero-order chi connectivity index (χ0) is 21.4. The quantitative estimate of drug-likeness (QED) is 0.624. The summed E-state index contributed by atoms with van der Waals surface area (Å²) in [7, 11) is 0. The van der Waals surface area contributed by atoms with Gasteiger partial charge >= 0.3 is 0 Å². The number of fused-ring (bicyclic) bond motifs is 1. The highest BCUT2D eigenvalue weighted by atomic mass is 32.1. The molecule has 1 fully saturated rings. The number of aromatic nitrogens is 2. The lowest BCUT2D eigenvalue weighted by Gasteiger charge is -2.34. The minimum atomic E-state index is 0.0395. The number of nitrogens with zero attached hydrogens (tertiary/aromatic N) is 5. The van der Waals surface area contributed by atoms with Crippen molar-refractivity contribution in [3.63, 3.8) is 0 Å². The third-order valence-electron chi connectivity index (χ3n) is 5.83. The van der Waals surface area contributed by atoms with Gasteiger partial charge in [0.05, 0.1) is 11.4 Å². The zero-order valence-corrected chi connectivity index (χ0v) is 18.1. The van der Waals surface area contributed by atoms with Gasteiger partial charge in [0.15, 0.2) is 0 Å². The van der Waals surface area contributed by atoms with Gasteiger partial charge in [-0.2, -0.15) is 4.98 Å². The third-order valence-corrected chi connectivity index (χ3v) is 6.70. The van der Waals surface area contributed by atoms with Crippen LogP contribution in [0.2, 0.25) is 0 Å². The van der Waals surface area contributed by atoms with Crippen LogP contribution >= 0.6 is 11.3 Å². The van der Waals surface area contributed by atoms with Crippen molar-refractivity contribution >= 4 is 28.8 Å². The van der Waals surface area contributed by atoms with E-state index in [2.05, 4.69) is 15.0 Å². The molecule has 1 aromatic carbocycles. The van der Waals surface area contributed by atoms with Crippen LogP contribution in [0.3, 0.4) is 0 Å². The van der Waals surface area contributed by atoms with Crippen LogP contribution in [0.1, 0.15) is 28.7 Å².